The molecule has 0 aliphatic carbocycles. The van der Waals surface area contributed by atoms with E-state index in [1.54, 1.807) is 0 Å². The van der Waals surface area contributed by atoms with Crippen LogP contribution in [0.1, 0.15) is 52.4 Å². The Balaban J connectivity index is 1.64. The van der Waals surface area contributed by atoms with E-state index < -0.39 is 0 Å². The van der Waals surface area contributed by atoms with Crippen LogP contribution in [-0.4, -0.2) is 59.5 Å². The fraction of sp³-hybridized carbons (Fsp3) is 0.938. The normalized spacial score (nSPS) is 38.8. The molecule has 0 spiro atoms. The Hall–Kier alpha value is -0.610. The lowest BCUT2D eigenvalue weighted by molar-refractivity contribution is -0.133. The number of carbonyl (C=O) groups is 1. The summed E-state index contributed by atoms with van der Waals surface area (Å²) in [5.74, 6) is 0.353. The molecule has 3 atom stereocenters. The van der Waals surface area contributed by atoms with Gasteiger partial charge in [-0.2, -0.15) is 0 Å². The molecule has 3 aliphatic rings. The molecule has 1 amide bonds. The molecule has 1 N–H and O–H groups in total. The molecule has 20 heavy (non-hydrogen) atoms. The first kappa shape index (κ1) is 14.3. The van der Waals surface area contributed by atoms with Crippen molar-refractivity contribution < 1.29 is 4.79 Å². The smallest absolute Gasteiger partial charge is 0.240 e. The Morgan fingerprint density at radius 1 is 1.10 bits per heavy atom. The molecule has 2 bridgehead atoms. The third kappa shape index (κ3) is 2.60. The molecule has 0 aromatic heterocycles. The highest BCUT2D eigenvalue weighted by Crippen LogP contribution is 2.36. The fourth-order valence-corrected chi connectivity index (χ4v) is 4.46. The van der Waals surface area contributed by atoms with Gasteiger partial charge >= 0.3 is 0 Å². The number of fused-ring (bicyclic) bond motifs is 2. The molecule has 3 heterocycles. The SMILES string of the molecule is CC(C)NC1CCN(C2CC3CCCC(C2)N3C)C1=O. The van der Waals surface area contributed by atoms with Gasteiger partial charge < -0.3 is 15.1 Å². The zero-order valence-electron chi connectivity index (χ0n) is 13.1. The summed E-state index contributed by atoms with van der Waals surface area (Å²) >= 11 is 0. The maximum Gasteiger partial charge on any atom is 0.240 e. The van der Waals surface area contributed by atoms with E-state index in [0.717, 1.165) is 13.0 Å². The highest BCUT2D eigenvalue weighted by Gasteiger charge is 2.42. The molecular formula is C16H29N3O. The van der Waals surface area contributed by atoms with Crippen LogP contribution < -0.4 is 5.32 Å². The minimum atomic E-state index is 0.0643. The van der Waals surface area contributed by atoms with Crippen LogP contribution in [0.2, 0.25) is 0 Å². The van der Waals surface area contributed by atoms with Crippen molar-refractivity contribution in [1.82, 2.24) is 15.1 Å². The van der Waals surface area contributed by atoms with E-state index in [2.05, 4.69) is 36.0 Å². The summed E-state index contributed by atoms with van der Waals surface area (Å²) in [7, 11) is 2.28. The van der Waals surface area contributed by atoms with Crippen molar-refractivity contribution in [3.63, 3.8) is 0 Å². The summed E-state index contributed by atoms with van der Waals surface area (Å²) in [4.78, 5) is 17.4. The molecule has 3 saturated heterocycles. The Bertz CT molecular complexity index is 357. The largest absolute Gasteiger partial charge is 0.338 e. The van der Waals surface area contributed by atoms with Crippen LogP contribution in [0.15, 0.2) is 0 Å². The van der Waals surface area contributed by atoms with Crippen LogP contribution in [-0.2, 0) is 4.79 Å². The third-order valence-corrected chi connectivity index (χ3v) is 5.53. The van der Waals surface area contributed by atoms with E-state index in [1.807, 2.05) is 0 Å². The highest BCUT2D eigenvalue weighted by atomic mass is 16.2. The van der Waals surface area contributed by atoms with Crippen molar-refractivity contribution in [3.05, 3.63) is 0 Å². The monoisotopic (exact) mass is 279 g/mol. The number of nitrogens with one attached hydrogen (secondary N) is 1. The summed E-state index contributed by atoms with van der Waals surface area (Å²) in [6, 6.07) is 2.36. The van der Waals surface area contributed by atoms with Gasteiger partial charge in [0, 0.05) is 30.7 Å². The second-order valence-corrected chi connectivity index (χ2v) is 7.22. The van der Waals surface area contributed by atoms with E-state index in [1.165, 1.54) is 32.1 Å². The van der Waals surface area contributed by atoms with Crippen molar-refractivity contribution in [2.24, 2.45) is 0 Å². The molecule has 3 rings (SSSR count). The molecule has 4 heteroatoms. The molecule has 0 saturated carbocycles. The van der Waals surface area contributed by atoms with Gasteiger partial charge in [-0.1, -0.05) is 20.3 Å². The van der Waals surface area contributed by atoms with Crippen LogP contribution >= 0.6 is 0 Å². The minimum absolute atomic E-state index is 0.0643. The van der Waals surface area contributed by atoms with Gasteiger partial charge in [0.1, 0.15) is 0 Å². The lowest BCUT2D eigenvalue weighted by Crippen LogP contribution is -2.56. The summed E-state index contributed by atoms with van der Waals surface area (Å²) in [5, 5.41) is 3.42. The first-order valence-electron chi connectivity index (χ1n) is 8.34. The predicted octanol–water partition coefficient (Wildman–Crippen LogP) is 1.60. The van der Waals surface area contributed by atoms with Gasteiger partial charge in [0.2, 0.25) is 5.91 Å². The molecule has 0 aromatic rings. The second-order valence-electron chi connectivity index (χ2n) is 7.22. The Labute approximate surface area is 122 Å². The number of rotatable bonds is 3. The zero-order chi connectivity index (χ0) is 14.3. The minimum Gasteiger partial charge on any atom is -0.338 e. The van der Waals surface area contributed by atoms with Gasteiger partial charge in [0.05, 0.1) is 6.04 Å². The van der Waals surface area contributed by atoms with Gasteiger partial charge in [-0.25, -0.2) is 0 Å². The number of hydrogen-bond acceptors (Lipinski definition) is 3. The summed E-state index contributed by atoms with van der Waals surface area (Å²) < 4.78 is 0. The second kappa shape index (κ2) is 5.64. The molecule has 3 unspecified atom stereocenters. The van der Waals surface area contributed by atoms with Crippen molar-refractivity contribution in [2.45, 2.75) is 82.6 Å². The maximum absolute atomic E-state index is 12.6. The molecule has 3 aliphatic heterocycles. The lowest BCUT2D eigenvalue weighted by Gasteiger charge is -2.49. The number of piperidine rings is 2. The van der Waals surface area contributed by atoms with E-state index in [4.69, 9.17) is 0 Å². The van der Waals surface area contributed by atoms with Crippen LogP contribution in [0, 0.1) is 0 Å². The van der Waals surface area contributed by atoms with E-state index in [9.17, 15) is 4.79 Å². The molecular weight excluding hydrogens is 250 g/mol. The molecule has 4 nitrogen and oxygen atoms in total. The number of hydrogen-bond donors (Lipinski definition) is 1. The van der Waals surface area contributed by atoms with Gasteiger partial charge in [-0.3, -0.25) is 4.79 Å². The first-order chi connectivity index (χ1) is 9.56. The van der Waals surface area contributed by atoms with Crippen LogP contribution in [0.4, 0.5) is 0 Å². The fourth-order valence-electron chi connectivity index (χ4n) is 4.46. The Kier molecular flexibility index (Phi) is 4.04. The molecule has 0 aromatic carbocycles. The lowest BCUT2D eigenvalue weighted by atomic mass is 9.82. The maximum atomic E-state index is 12.6. The zero-order valence-corrected chi connectivity index (χ0v) is 13.1. The average molecular weight is 279 g/mol. The summed E-state index contributed by atoms with van der Waals surface area (Å²) in [6.45, 7) is 5.20. The average Bonchev–Trinajstić information content (AvgIpc) is 2.70. The van der Waals surface area contributed by atoms with Crippen molar-refractivity contribution >= 4 is 5.91 Å². The van der Waals surface area contributed by atoms with Crippen LogP contribution in [0.3, 0.4) is 0 Å². The Morgan fingerprint density at radius 3 is 2.35 bits per heavy atom. The summed E-state index contributed by atoms with van der Waals surface area (Å²) in [5.41, 5.74) is 0. The predicted molar refractivity (Wildman–Crippen MR) is 80.6 cm³/mol. The van der Waals surface area contributed by atoms with Gasteiger partial charge in [-0.05, 0) is 39.2 Å². The molecule has 114 valence electrons. The number of nitrogens with zero attached hydrogens (tertiary/aromatic N) is 2. The van der Waals surface area contributed by atoms with Crippen LogP contribution in [0.5, 0.6) is 0 Å². The molecule has 0 radical (unpaired) electrons. The number of likely N-dealkylation sites (tertiary alicyclic amines) is 1. The van der Waals surface area contributed by atoms with Crippen LogP contribution in [0.25, 0.3) is 0 Å². The first-order valence-corrected chi connectivity index (χ1v) is 8.34. The van der Waals surface area contributed by atoms with Gasteiger partial charge in [-0.15, -0.1) is 0 Å². The quantitative estimate of drug-likeness (QED) is 0.852. The standard InChI is InChI=1S/C16H29N3O/c1-11(2)17-15-7-8-19(16(15)20)14-9-12-5-4-6-13(10-14)18(12)3/h11-15,17H,4-10H2,1-3H3. The Morgan fingerprint density at radius 2 is 1.75 bits per heavy atom. The highest BCUT2D eigenvalue weighted by molar-refractivity contribution is 5.84. The third-order valence-electron chi connectivity index (χ3n) is 5.53. The van der Waals surface area contributed by atoms with Crippen molar-refractivity contribution in [3.8, 4) is 0 Å². The van der Waals surface area contributed by atoms with E-state index in [0.29, 0.717) is 30.1 Å². The van der Waals surface area contributed by atoms with Gasteiger partial charge in [0.25, 0.3) is 0 Å². The molecule has 3 fully saturated rings. The van der Waals surface area contributed by atoms with Gasteiger partial charge in [0.15, 0.2) is 0 Å². The van der Waals surface area contributed by atoms with Crippen molar-refractivity contribution in [2.75, 3.05) is 13.6 Å². The number of carbonyl (C=O) groups excluding carboxylic acids is 1. The summed E-state index contributed by atoms with van der Waals surface area (Å²) in [6.07, 6.45) is 7.37. The number of amides is 1. The topological polar surface area (TPSA) is 35.6 Å². The van der Waals surface area contributed by atoms with E-state index in [-0.39, 0.29) is 6.04 Å². The van der Waals surface area contributed by atoms with Crippen molar-refractivity contribution in [1.29, 1.82) is 0 Å². The van der Waals surface area contributed by atoms with E-state index >= 15 is 0 Å².